The smallest absolute Gasteiger partial charge is 0.223 e. The highest BCUT2D eigenvalue weighted by Crippen LogP contribution is 2.28. The quantitative estimate of drug-likeness (QED) is 0.770. The van der Waals surface area contributed by atoms with Crippen LogP contribution in [0.5, 0.6) is 0 Å². The number of pyridine rings is 1. The van der Waals surface area contributed by atoms with Gasteiger partial charge in [-0.3, -0.25) is 9.78 Å². The van der Waals surface area contributed by atoms with Crippen LogP contribution in [0.4, 0.5) is 10.2 Å². The Morgan fingerprint density at radius 3 is 2.81 bits per heavy atom. The summed E-state index contributed by atoms with van der Waals surface area (Å²) >= 11 is 0. The number of amides is 1. The minimum Gasteiger partial charge on any atom is -0.356 e. The van der Waals surface area contributed by atoms with Crippen LogP contribution in [0.1, 0.15) is 18.4 Å². The fourth-order valence-electron chi connectivity index (χ4n) is 3.48. The summed E-state index contributed by atoms with van der Waals surface area (Å²) in [5.41, 5.74) is 1.32. The summed E-state index contributed by atoms with van der Waals surface area (Å²) in [7, 11) is 0. The van der Waals surface area contributed by atoms with Crippen molar-refractivity contribution in [2.45, 2.75) is 19.4 Å². The molecule has 1 fully saturated rings. The molecule has 1 saturated heterocycles. The first-order chi connectivity index (χ1) is 13.2. The number of benzene rings is 1. The van der Waals surface area contributed by atoms with E-state index in [0.717, 1.165) is 24.2 Å². The summed E-state index contributed by atoms with van der Waals surface area (Å²) in [6, 6.07) is 8.70. The standard InChI is InChI=1S/C20H20FN5O/c21-17-5-1-4-16-18(17)24-13-25-19(16)26-9-6-15(7-10-26)20(27)23-12-14-3-2-8-22-11-14/h1-5,8,11,13,15H,6-7,9-10,12H2,(H,23,27). The molecular weight excluding hydrogens is 345 g/mol. The molecule has 1 aromatic carbocycles. The monoisotopic (exact) mass is 365 g/mol. The summed E-state index contributed by atoms with van der Waals surface area (Å²) in [4.78, 5) is 27.0. The second kappa shape index (κ2) is 7.65. The zero-order valence-corrected chi connectivity index (χ0v) is 14.8. The Hall–Kier alpha value is -3.09. The predicted molar refractivity (Wildman–Crippen MR) is 101 cm³/mol. The van der Waals surface area contributed by atoms with Crippen LogP contribution in [0.2, 0.25) is 0 Å². The SMILES string of the molecule is O=C(NCc1cccnc1)C1CCN(c2ncnc3c(F)cccc23)CC1. The number of hydrogen-bond acceptors (Lipinski definition) is 5. The highest BCUT2D eigenvalue weighted by molar-refractivity contribution is 5.89. The Morgan fingerprint density at radius 1 is 1.19 bits per heavy atom. The van der Waals surface area contributed by atoms with E-state index in [9.17, 15) is 9.18 Å². The molecule has 0 spiro atoms. The maximum atomic E-state index is 14.0. The number of halogens is 1. The van der Waals surface area contributed by atoms with Gasteiger partial charge in [-0.15, -0.1) is 0 Å². The number of hydrogen-bond donors (Lipinski definition) is 1. The van der Waals surface area contributed by atoms with E-state index in [4.69, 9.17) is 0 Å². The molecule has 7 heteroatoms. The Kier molecular flexibility index (Phi) is 4.91. The Morgan fingerprint density at radius 2 is 2.04 bits per heavy atom. The van der Waals surface area contributed by atoms with E-state index in [-0.39, 0.29) is 17.6 Å². The zero-order valence-electron chi connectivity index (χ0n) is 14.8. The molecule has 0 bridgehead atoms. The lowest BCUT2D eigenvalue weighted by molar-refractivity contribution is -0.125. The Balaban J connectivity index is 1.39. The minimum atomic E-state index is -0.346. The molecule has 1 amide bonds. The van der Waals surface area contributed by atoms with Gasteiger partial charge in [0.2, 0.25) is 5.91 Å². The fraction of sp³-hybridized carbons (Fsp3) is 0.300. The van der Waals surface area contributed by atoms with Crippen LogP contribution >= 0.6 is 0 Å². The summed E-state index contributed by atoms with van der Waals surface area (Å²) in [5, 5.41) is 3.69. The van der Waals surface area contributed by atoms with Gasteiger partial charge < -0.3 is 10.2 Å². The van der Waals surface area contributed by atoms with E-state index in [0.29, 0.717) is 30.5 Å². The van der Waals surface area contributed by atoms with Crippen molar-refractivity contribution in [3.63, 3.8) is 0 Å². The molecule has 3 heterocycles. The average molecular weight is 365 g/mol. The van der Waals surface area contributed by atoms with Gasteiger partial charge in [-0.25, -0.2) is 14.4 Å². The topological polar surface area (TPSA) is 71.0 Å². The number of carbonyl (C=O) groups is 1. The van der Waals surface area contributed by atoms with Crippen molar-refractivity contribution in [1.82, 2.24) is 20.3 Å². The lowest BCUT2D eigenvalue weighted by Gasteiger charge is -2.32. The van der Waals surface area contributed by atoms with Gasteiger partial charge in [0.05, 0.1) is 0 Å². The zero-order chi connectivity index (χ0) is 18.6. The molecule has 3 aromatic rings. The van der Waals surface area contributed by atoms with Crippen molar-refractivity contribution in [1.29, 1.82) is 0 Å². The van der Waals surface area contributed by atoms with Gasteiger partial charge in [0.25, 0.3) is 0 Å². The van der Waals surface area contributed by atoms with Crippen LogP contribution in [-0.4, -0.2) is 33.9 Å². The molecule has 1 aliphatic heterocycles. The molecule has 1 N–H and O–H groups in total. The normalized spacial score (nSPS) is 15.1. The minimum absolute atomic E-state index is 0.0252. The number of fused-ring (bicyclic) bond motifs is 1. The van der Waals surface area contributed by atoms with Crippen LogP contribution in [0, 0.1) is 11.7 Å². The molecule has 0 aliphatic carbocycles. The second-order valence-electron chi connectivity index (χ2n) is 6.67. The van der Waals surface area contributed by atoms with Gasteiger partial charge in [-0.2, -0.15) is 0 Å². The number of aromatic nitrogens is 3. The van der Waals surface area contributed by atoms with E-state index < -0.39 is 0 Å². The summed E-state index contributed by atoms with van der Waals surface area (Å²) in [6.45, 7) is 1.89. The summed E-state index contributed by atoms with van der Waals surface area (Å²) in [5.74, 6) is 0.425. The first kappa shape index (κ1) is 17.3. The number of nitrogens with zero attached hydrogens (tertiary/aromatic N) is 4. The molecule has 0 radical (unpaired) electrons. The largest absolute Gasteiger partial charge is 0.356 e. The summed E-state index contributed by atoms with van der Waals surface area (Å²) < 4.78 is 14.0. The molecule has 4 rings (SSSR count). The van der Waals surface area contributed by atoms with Crippen LogP contribution in [-0.2, 0) is 11.3 Å². The lowest BCUT2D eigenvalue weighted by atomic mass is 9.95. The van der Waals surface area contributed by atoms with E-state index in [2.05, 4.69) is 25.2 Å². The molecule has 1 aliphatic rings. The van der Waals surface area contributed by atoms with Crippen molar-refractivity contribution in [3.05, 3.63) is 60.4 Å². The third-order valence-electron chi connectivity index (χ3n) is 4.95. The van der Waals surface area contributed by atoms with Crippen LogP contribution < -0.4 is 10.2 Å². The Bertz CT molecular complexity index is 942. The maximum Gasteiger partial charge on any atom is 0.223 e. The van der Waals surface area contributed by atoms with Crippen molar-refractivity contribution in [3.8, 4) is 0 Å². The van der Waals surface area contributed by atoms with Crippen LogP contribution in [0.25, 0.3) is 10.9 Å². The van der Waals surface area contributed by atoms with E-state index in [1.165, 1.54) is 12.4 Å². The van der Waals surface area contributed by atoms with Crippen molar-refractivity contribution in [2.75, 3.05) is 18.0 Å². The summed E-state index contributed by atoms with van der Waals surface area (Å²) in [6.07, 6.45) is 6.33. The molecule has 138 valence electrons. The van der Waals surface area contributed by atoms with Gasteiger partial charge in [-0.1, -0.05) is 12.1 Å². The van der Waals surface area contributed by atoms with Gasteiger partial charge in [-0.05, 0) is 36.6 Å². The molecular formula is C20H20FN5O. The number of carbonyl (C=O) groups excluding carboxylic acids is 1. The van der Waals surface area contributed by atoms with E-state index >= 15 is 0 Å². The number of nitrogens with one attached hydrogen (secondary N) is 1. The molecule has 2 aromatic heterocycles. The van der Waals surface area contributed by atoms with E-state index in [1.54, 1.807) is 18.5 Å². The van der Waals surface area contributed by atoms with Crippen molar-refractivity contribution in [2.24, 2.45) is 5.92 Å². The number of para-hydroxylation sites is 1. The molecule has 0 atom stereocenters. The highest BCUT2D eigenvalue weighted by Gasteiger charge is 2.26. The van der Waals surface area contributed by atoms with Gasteiger partial charge in [0, 0.05) is 43.3 Å². The predicted octanol–water partition coefficient (Wildman–Crippen LogP) is 2.70. The second-order valence-corrected chi connectivity index (χ2v) is 6.67. The lowest BCUT2D eigenvalue weighted by Crippen LogP contribution is -2.40. The Labute approximate surface area is 156 Å². The van der Waals surface area contributed by atoms with Crippen LogP contribution in [0.3, 0.4) is 0 Å². The van der Waals surface area contributed by atoms with E-state index in [1.807, 2.05) is 18.2 Å². The highest BCUT2D eigenvalue weighted by atomic mass is 19.1. The average Bonchev–Trinajstić information content (AvgIpc) is 2.73. The molecule has 27 heavy (non-hydrogen) atoms. The molecule has 0 saturated carbocycles. The molecule has 0 unspecified atom stereocenters. The first-order valence-corrected chi connectivity index (χ1v) is 9.03. The van der Waals surface area contributed by atoms with Gasteiger partial charge >= 0.3 is 0 Å². The maximum absolute atomic E-state index is 14.0. The first-order valence-electron chi connectivity index (χ1n) is 9.03. The van der Waals surface area contributed by atoms with Gasteiger partial charge in [0.15, 0.2) is 0 Å². The van der Waals surface area contributed by atoms with Gasteiger partial charge in [0.1, 0.15) is 23.5 Å². The number of piperidine rings is 1. The number of anilines is 1. The third-order valence-corrected chi connectivity index (χ3v) is 4.95. The third kappa shape index (κ3) is 3.72. The fourth-order valence-corrected chi connectivity index (χ4v) is 3.48. The molecule has 6 nitrogen and oxygen atoms in total. The van der Waals surface area contributed by atoms with Crippen molar-refractivity contribution < 1.29 is 9.18 Å². The van der Waals surface area contributed by atoms with Crippen molar-refractivity contribution >= 4 is 22.6 Å². The number of rotatable bonds is 4. The van der Waals surface area contributed by atoms with Crippen LogP contribution in [0.15, 0.2) is 49.1 Å².